The number of imide groups is 1. The first-order valence-electron chi connectivity index (χ1n) is 9.13. The summed E-state index contributed by atoms with van der Waals surface area (Å²) in [6, 6.07) is 9.84. The fraction of sp³-hybridized carbons (Fsp3) is 0.300. The minimum atomic E-state index is -0.118. The SMILES string of the molecule is CCn1c(SCCN2C(=O)CCC2=O)nc2scc(-c3ccccc3)c2c1=O. The smallest absolute Gasteiger partial charge is 0.263 e. The monoisotopic (exact) mass is 413 g/mol. The van der Waals surface area contributed by atoms with Gasteiger partial charge in [-0.1, -0.05) is 42.1 Å². The number of carbonyl (C=O) groups is 2. The average Bonchev–Trinajstić information content (AvgIpc) is 3.27. The maximum Gasteiger partial charge on any atom is 0.263 e. The molecule has 0 unspecified atom stereocenters. The number of thiophene rings is 1. The molecule has 0 aliphatic carbocycles. The number of carbonyl (C=O) groups excluding carboxylic acids is 2. The van der Waals surface area contributed by atoms with E-state index in [9.17, 15) is 14.4 Å². The highest BCUT2D eigenvalue weighted by Gasteiger charge is 2.28. The van der Waals surface area contributed by atoms with Crippen LogP contribution in [0, 0.1) is 0 Å². The molecule has 1 aliphatic rings. The van der Waals surface area contributed by atoms with Gasteiger partial charge in [0.25, 0.3) is 5.56 Å². The predicted octanol–water partition coefficient (Wildman–Crippen LogP) is 3.39. The standard InChI is InChI=1S/C20H19N3O3S2/c1-2-22-19(26)17-14(13-6-4-3-5-7-13)12-28-18(17)21-20(22)27-11-10-23-15(24)8-9-16(23)25/h3-7,12H,2,8-11H2,1H3. The van der Waals surface area contributed by atoms with Gasteiger partial charge in [-0.2, -0.15) is 0 Å². The zero-order chi connectivity index (χ0) is 19.7. The first-order chi connectivity index (χ1) is 13.6. The van der Waals surface area contributed by atoms with Crippen molar-refractivity contribution in [3.63, 3.8) is 0 Å². The Labute approximate surface area is 170 Å². The highest BCUT2D eigenvalue weighted by Crippen LogP contribution is 2.32. The Morgan fingerprint density at radius 1 is 1.11 bits per heavy atom. The summed E-state index contributed by atoms with van der Waals surface area (Å²) in [6.07, 6.45) is 0.593. The van der Waals surface area contributed by atoms with Crippen LogP contribution in [0.4, 0.5) is 0 Å². The average molecular weight is 414 g/mol. The van der Waals surface area contributed by atoms with Crippen molar-refractivity contribution >= 4 is 45.1 Å². The summed E-state index contributed by atoms with van der Waals surface area (Å²) >= 11 is 2.87. The number of amides is 2. The molecule has 2 amide bonds. The van der Waals surface area contributed by atoms with E-state index >= 15 is 0 Å². The van der Waals surface area contributed by atoms with Crippen LogP contribution in [0.25, 0.3) is 21.3 Å². The minimum absolute atomic E-state index is 0.0524. The van der Waals surface area contributed by atoms with Gasteiger partial charge in [-0.25, -0.2) is 4.98 Å². The number of thioether (sulfide) groups is 1. The van der Waals surface area contributed by atoms with Gasteiger partial charge in [0, 0.05) is 42.6 Å². The molecule has 3 aromatic rings. The highest BCUT2D eigenvalue weighted by molar-refractivity contribution is 7.99. The van der Waals surface area contributed by atoms with Crippen molar-refractivity contribution in [3.8, 4) is 11.1 Å². The van der Waals surface area contributed by atoms with Gasteiger partial charge in [0.1, 0.15) is 4.83 Å². The molecule has 28 heavy (non-hydrogen) atoms. The van der Waals surface area contributed by atoms with Crippen molar-refractivity contribution in [3.05, 3.63) is 46.1 Å². The molecule has 6 nitrogen and oxygen atoms in total. The van der Waals surface area contributed by atoms with Gasteiger partial charge in [-0.05, 0) is 12.5 Å². The van der Waals surface area contributed by atoms with Gasteiger partial charge < -0.3 is 0 Å². The number of hydrogen-bond donors (Lipinski definition) is 0. The molecule has 1 saturated heterocycles. The lowest BCUT2D eigenvalue weighted by Crippen LogP contribution is -2.31. The molecule has 1 fully saturated rings. The molecular weight excluding hydrogens is 394 g/mol. The molecule has 8 heteroatoms. The maximum absolute atomic E-state index is 13.2. The zero-order valence-corrected chi connectivity index (χ0v) is 17.0. The molecule has 4 rings (SSSR count). The summed E-state index contributed by atoms with van der Waals surface area (Å²) in [6.45, 7) is 2.77. The Morgan fingerprint density at radius 2 is 1.82 bits per heavy atom. The molecule has 0 radical (unpaired) electrons. The summed E-state index contributed by atoms with van der Waals surface area (Å²) in [5, 5.41) is 3.25. The van der Waals surface area contributed by atoms with Crippen molar-refractivity contribution < 1.29 is 9.59 Å². The lowest BCUT2D eigenvalue weighted by Gasteiger charge is -2.14. The number of nitrogens with zero attached hydrogens (tertiary/aromatic N) is 3. The van der Waals surface area contributed by atoms with Crippen LogP contribution in [-0.4, -0.2) is 38.6 Å². The van der Waals surface area contributed by atoms with E-state index in [4.69, 9.17) is 4.98 Å². The third-order valence-corrected chi connectivity index (χ3v) is 6.59. The van der Waals surface area contributed by atoms with Crippen LogP contribution in [0.5, 0.6) is 0 Å². The quantitative estimate of drug-likeness (QED) is 0.352. The fourth-order valence-electron chi connectivity index (χ4n) is 3.33. The fourth-order valence-corrected chi connectivity index (χ4v) is 5.30. The minimum Gasteiger partial charge on any atom is -0.287 e. The first-order valence-corrected chi connectivity index (χ1v) is 11.0. The topological polar surface area (TPSA) is 72.3 Å². The molecule has 0 bridgehead atoms. The third-order valence-electron chi connectivity index (χ3n) is 4.76. The summed E-state index contributed by atoms with van der Waals surface area (Å²) in [7, 11) is 0. The van der Waals surface area contributed by atoms with Gasteiger partial charge in [-0.15, -0.1) is 11.3 Å². The second-order valence-corrected chi connectivity index (χ2v) is 8.35. The molecule has 1 aliphatic heterocycles. The molecule has 3 heterocycles. The molecule has 0 N–H and O–H groups in total. The van der Waals surface area contributed by atoms with E-state index in [-0.39, 0.29) is 17.4 Å². The van der Waals surface area contributed by atoms with E-state index in [0.717, 1.165) is 11.1 Å². The van der Waals surface area contributed by atoms with E-state index in [2.05, 4.69) is 0 Å². The summed E-state index contributed by atoms with van der Waals surface area (Å²) in [4.78, 5) is 43.4. The molecular formula is C20H19N3O3S2. The Bertz CT molecular complexity index is 1090. The Kier molecular flexibility index (Phi) is 5.32. The van der Waals surface area contributed by atoms with E-state index in [1.807, 2.05) is 42.6 Å². The van der Waals surface area contributed by atoms with Crippen LogP contribution in [0.15, 0.2) is 45.7 Å². The Morgan fingerprint density at radius 3 is 2.50 bits per heavy atom. The van der Waals surface area contributed by atoms with E-state index in [1.54, 1.807) is 4.57 Å². The normalized spacial score (nSPS) is 14.4. The largest absolute Gasteiger partial charge is 0.287 e. The third kappa shape index (κ3) is 3.38. The Hall–Kier alpha value is -2.45. The Balaban J connectivity index is 1.64. The van der Waals surface area contributed by atoms with Crippen molar-refractivity contribution in [2.75, 3.05) is 12.3 Å². The summed E-state index contributed by atoms with van der Waals surface area (Å²) < 4.78 is 1.67. The van der Waals surface area contributed by atoms with Crippen molar-refractivity contribution in [2.45, 2.75) is 31.5 Å². The summed E-state index contributed by atoms with van der Waals surface area (Å²) in [5.74, 6) is 0.284. The van der Waals surface area contributed by atoms with Gasteiger partial charge in [-0.3, -0.25) is 23.9 Å². The molecule has 0 spiro atoms. The first kappa shape index (κ1) is 18.9. The number of aromatic nitrogens is 2. The van der Waals surface area contributed by atoms with Crippen LogP contribution >= 0.6 is 23.1 Å². The van der Waals surface area contributed by atoms with Gasteiger partial charge >= 0.3 is 0 Å². The van der Waals surface area contributed by atoms with E-state index in [0.29, 0.717) is 47.1 Å². The lowest BCUT2D eigenvalue weighted by atomic mass is 10.1. The van der Waals surface area contributed by atoms with Crippen LogP contribution in [0.2, 0.25) is 0 Å². The molecule has 2 aromatic heterocycles. The second-order valence-electron chi connectivity index (χ2n) is 6.43. The number of likely N-dealkylation sites (tertiary alicyclic amines) is 1. The van der Waals surface area contributed by atoms with Crippen molar-refractivity contribution in [1.29, 1.82) is 0 Å². The molecule has 0 atom stereocenters. The predicted molar refractivity (Wildman–Crippen MR) is 112 cm³/mol. The maximum atomic E-state index is 13.2. The van der Waals surface area contributed by atoms with Gasteiger partial charge in [0.2, 0.25) is 11.8 Å². The van der Waals surface area contributed by atoms with Crippen LogP contribution in [-0.2, 0) is 16.1 Å². The highest BCUT2D eigenvalue weighted by atomic mass is 32.2. The number of fused-ring (bicyclic) bond motifs is 1. The van der Waals surface area contributed by atoms with Crippen molar-refractivity contribution in [2.24, 2.45) is 0 Å². The van der Waals surface area contributed by atoms with Crippen LogP contribution in [0.3, 0.4) is 0 Å². The molecule has 144 valence electrons. The van der Waals surface area contributed by atoms with Crippen LogP contribution in [0.1, 0.15) is 19.8 Å². The molecule has 1 aromatic carbocycles. The number of rotatable bonds is 6. The van der Waals surface area contributed by atoms with E-state index in [1.165, 1.54) is 28.0 Å². The van der Waals surface area contributed by atoms with E-state index < -0.39 is 0 Å². The lowest BCUT2D eigenvalue weighted by molar-refractivity contribution is -0.137. The zero-order valence-electron chi connectivity index (χ0n) is 15.4. The number of benzene rings is 1. The number of hydrogen-bond acceptors (Lipinski definition) is 6. The van der Waals surface area contributed by atoms with Crippen molar-refractivity contribution in [1.82, 2.24) is 14.5 Å². The van der Waals surface area contributed by atoms with Crippen LogP contribution < -0.4 is 5.56 Å². The van der Waals surface area contributed by atoms with Gasteiger partial charge in [0.05, 0.1) is 5.39 Å². The summed E-state index contributed by atoms with van der Waals surface area (Å²) in [5.41, 5.74) is 1.86. The second kappa shape index (κ2) is 7.89. The molecule has 0 saturated carbocycles. The van der Waals surface area contributed by atoms with Gasteiger partial charge in [0.15, 0.2) is 5.16 Å².